The Morgan fingerprint density at radius 2 is 2.03 bits per heavy atom. The number of esters is 1. The SMILES string of the molecule is CCCc1nn(C)c2c(=O)[nH]c(-c3cccc(OC(C)C(=O)OC(C)(C)C)c3)nc12. The summed E-state index contributed by atoms with van der Waals surface area (Å²) >= 11 is 0. The first-order chi connectivity index (χ1) is 14.1. The second-order valence-electron chi connectivity index (χ2n) is 8.25. The first-order valence-electron chi connectivity index (χ1n) is 10.0. The molecule has 8 nitrogen and oxygen atoms in total. The monoisotopic (exact) mass is 412 g/mol. The van der Waals surface area contributed by atoms with Gasteiger partial charge in [-0.1, -0.05) is 25.5 Å². The summed E-state index contributed by atoms with van der Waals surface area (Å²) in [5.74, 6) is 0.460. The summed E-state index contributed by atoms with van der Waals surface area (Å²) < 4.78 is 12.7. The zero-order chi connectivity index (χ0) is 22.1. The number of nitrogens with one attached hydrogen (secondary N) is 1. The number of rotatable bonds is 6. The van der Waals surface area contributed by atoms with Crippen molar-refractivity contribution in [1.29, 1.82) is 0 Å². The van der Waals surface area contributed by atoms with Crippen LogP contribution in [0.15, 0.2) is 29.1 Å². The number of H-pyrrole nitrogens is 1. The zero-order valence-corrected chi connectivity index (χ0v) is 18.3. The number of hydrogen-bond acceptors (Lipinski definition) is 6. The fraction of sp³-hybridized carbons (Fsp3) is 0.455. The molecular formula is C22H28N4O4. The molecule has 0 spiro atoms. The van der Waals surface area contributed by atoms with Crippen molar-refractivity contribution in [2.45, 2.75) is 59.2 Å². The Hall–Kier alpha value is -3.16. The average Bonchev–Trinajstić information content (AvgIpc) is 2.97. The molecule has 160 valence electrons. The van der Waals surface area contributed by atoms with Crippen molar-refractivity contribution in [3.05, 3.63) is 40.3 Å². The van der Waals surface area contributed by atoms with Gasteiger partial charge in [0.25, 0.3) is 5.56 Å². The second kappa shape index (κ2) is 8.30. The van der Waals surface area contributed by atoms with Gasteiger partial charge in [-0.15, -0.1) is 0 Å². The normalized spacial score (nSPS) is 12.7. The van der Waals surface area contributed by atoms with E-state index in [2.05, 4.69) is 22.0 Å². The van der Waals surface area contributed by atoms with Gasteiger partial charge in [-0.05, 0) is 46.2 Å². The highest BCUT2D eigenvalue weighted by Crippen LogP contribution is 2.24. The molecule has 1 unspecified atom stereocenters. The molecule has 1 N–H and O–H groups in total. The maximum Gasteiger partial charge on any atom is 0.347 e. The maximum atomic E-state index is 12.6. The molecule has 30 heavy (non-hydrogen) atoms. The Kier molecular flexibility index (Phi) is 5.96. The number of carbonyl (C=O) groups is 1. The highest BCUT2D eigenvalue weighted by atomic mass is 16.6. The van der Waals surface area contributed by atoms with Gasteiger partial charge in [0, 0.05) is 12.6 Å². The molecule has 2 heterocycles. The molecule has 2 aromatic heterocycles. The number of aromatic nitrogens is 4. The Morgan fingerprint density at radius 3 is 2.70 bits per heavy atom. The summed E-state index contributed by atoms with van der Waals surface area (Å²) in [4.78, 5) is 32.3. The summed E-state index contributed by atoms with van der Waals surface area (Å²) in [6, 6.07) is 7.09. The molecule has 0 saturated heterocycles. The largest absolute Gasteiger partial charge is 0.479 e. The van der Waals surface area contributed by atoms with E-state index in [0.29, 0.717) is 28.2 Å². The second-order valence-corrected chi connectivity index (χ2v) is 8.25. The quantitative estimate of drug-likeness (QED) is 0.623. The van der Waals surface area contributed by atoms with Crippen LogP contribution in [0.3, 0.4) is 0 Å². The maximum absolute atomic E-state index is 12.6. The third-order valence-corrected chi connectivity index (χ3v) is 4.41. The van der Waals surface area contributed by atoms with Crippen molar-refractivity contribution in [2.75, 3.05) is 0 Å². The van der Waals surface area contributed by atoms with Crippen LogP contribution in [0.1, 0.15) is 46.7 Å². The number of benzene rings is 1. The fourth-order valence-corrected chi connectivity index (χ4v) is 3.14. The molecule has 3 aromatic rings. The van der Waals surface area contributed by atoms with Crippen LogP contribution >= 0.6 is 0 Å². The molecule has 8 heteroatoms. The number of hydrogen-bond donors (Lipinski definition) is 1. The Labute approximate surface area is 175 Å². The first-order valence-corrected chi connectivity index (χ1v) is 10.0. The summed E-state index contributed by atoms with van der Waals surface area (Å²) in [6.45, 7) is 9.12. The van der Waals surface area contributed by atoms with E-state index in [1.54, 1.807) is 36.9 Å². The standard InChI is InChI=1S/C22H28N4O4/c1-7-9-16-17-18(26(6)25-16)20(27)24-19(23-17)14-10-8-11-15(12-14)29-13(2)21(28)30-22(3,4)5/h8,10-13H,7,9H2,1-6H3,(H,23,24,27). The molecule has 0 aliphatic rings. The van der Waals surface area contributed by atoms with Gasteiger partial charge in [-0.25, -0.2) is 9.78 Å². The van der Waals surface area contributed by atoms with Crippen molar-refractivity contribution in [1.82, 2.24) is 19.7 Å². The lowest BCUT2D eigenvalue weighted by molar-refractivity contribution is -0.162. The highest BCUT2D eigenvalue weighted by molar-refractivity contribution is 5.79. The van der Waals surface area contributed by atoms with E-state index in [1.165, 1.54) is 0 Å². The average molecular weight is 412 g/mol. The summed E-state index contributed by atoms with van der Waals surface area (Å²) in [7, 11) is 1.74. The van der Waals surface area contributed by atoms with Crippen molar-refractivity contribution in [3.8, 4) is 17.1 Å². The smallest absolute Gasteiger partial charge is 0.347 e. The highest BCUT2D eigenvalue weighted by Gasteiger charge is 2.23. The van der Waals surface area contributed by atoms with Gasteiger partial charge in [0.15, 0.2) is 11.6 Å². The molecular weight excluding hydrogens is 384 g/mol. The van der Waals surface area contributed by atoms with Crippen molar-refractivity contribution in [2.24, 2.45) is 7.05 Å². The van der Waals surface area contributed by atoms with E-state index in [4.69, 9.17) is 9.47 Å². The van der Waals surface area contributed by atoms with Gasteiger partial charge in [-0.3, -0.25) is 9.48 Å². The van der Waals surface area contributed by atoms with E-state index < -0.39 is 17.7 Å². The molecule has 0 saturated carbocycles. The van der Waals surface area contributed by atoms with Gasteiger partial charge in [0.1, 0.15) is 22.7 Å². The molecule has 0 fully saturated rings. The van der Waals surface area contributed by atoms with Crippen molar-refractivity contribution < 1.29 is 14.3 Å². The van der Waals surface area contributed by atoms with Gasteiger partial charge >= 0.3 is 5.97 Å². The molecule has 1 aromatic carbocycles. The van der Waals surface area contributed by atoms with Crippen molar-refractivity contribution in [3.63, 3.8) is 0 Å². The molecule has 0 aliphatic carbocycles. The molecule has 0 aliphatic heterocycles. The van der Waals surface area contributed by atoms with Crippen LogP contribution in [0.5, 0.6) is 5.75 Å². The predicted molar refractivity (Wildman–Crippen MR) is 114 cm³/mol. The molecule has 0 radical (unpaired) electrons. The number of aromatic amines is 1. The van der Waals surface area contributed by atoms with Crippen LogP contribution < -0.4 is 10.3 Å². The van der Waals surface area contributed by atoms with E-state index in [9.17, 15) is 9.59 Å². The first kappa shape index (κ1) is 21.5. The minimum absolute atomic E-state index is 0.249. The summed E-state index contributed by atoms with van der Waals surface area (Å²) in [5, 5.41) is 4.44. The third-order valence-electron chi connectivity index (χ3n) is 4.41. The van der Waals surface area contributed by atoms with Crippen LogP contribution in [-0.4, -0.2) is 37.4 Å². The van der Waals surface area contributed by atoms with Gasteiger partial charge in [0.2, 0.25) is 0 Å². The van der Waals surface area contributed by atoms with Crippen molar-refractivity contribution >= 4 is 17.0 Å². The predicted octanol–water partition coefficient (Wildman–Crippen LogP) is 3.39. The van der Waals surface area contributed by atoms with Crippen LogP contribution in [0, 0.1) is 0 Å². The molecule has 0 bridgehead atoms. The van der Waals surface area contributed by atoms with E-state index in [0.717, 1.165) is 18.5 Å². The lowest BCUT2D eigenvalue weighted by Crippen LogP contribution is -2.33. The number of ether oxygens (including phenoxy) is 2. The zero-order valence-electron chi connectivity index (χ0n) is 18.3. The Morgan fingerprint density at radius 1 is 1.30 bits per heavy atom. The fourth-order valence-electron chi connectivity index (χ4n) is 3.14. The summed E-state index contributed by atoms with van der Waals surface area (Å²) in [6.07, 6.45) is 0.870. The van der Waals surface area contributed by atoms with Gasteiger partial charge in [0.05, 0.1) is 5.69 Å². The lowest BCUT2D eigenvalue weighted by atomic mass is 10.2. The molecule has 0 amide bonds. The number of fused-ring (bicyclic) bond motifs is 1. The lowest BCUT2D eigenvalue weighted by Gasteiger charge is -2.22. The van der Waals surface area contributed by atoms with E-state index in [1.807, 2.05) is 26.8 Å². The molecule has 3 rings (SSSR count). The van der Waals surface area contributed by atoms with Gasteiger partial charge < -0.3 is 14.5 Å². The Balaban J connectivity index is 1.92. The van der Waals surface area contributed by atoms with E-state index >= 15 is 0 Å². The topological polar surface area (TPSA) is 99.1 Å². The molecule has 1 atom stereocenters. The minimum atomic E-state index is -0.775. The third kappa shape index (κ3) is 4.69. The summed E-state index contributed by atoms with van der Waals surface area (Å²) in [5.41, 5.74) is 1.69. The van der Waals surface area contributed by atoms with Crippen LogP contribution in [0.4, 0.5) is 0 Å². The number of aryl methyl sites for hydroxylation is 2. The van der Waals surface area contributed by atoms with E-state index in [-0.39, 0.29) is 5.56 Å². The minimum Gasteiger partial charge on any atom is -0.479 e. The van der Waals surface area contributed by atoms with Crippen LogP contribution in [-0.2, 0) is 23.0 Å². The number of nitrogens with zero attached hydrogens (tertiary/aromatic N) is 3. The number of carbonyl (C=O) groups excluding carboxylic acids is 1. The Bertz CT molecular complexity index is 1120. The van der Waals surface area contributed by atoms with Crippen LogP contribution in [0.25, 0.3) is 22.4 Å². The van der Waals surface area contributed by atoms with Crippen LogP contribution in [0.2, 0.25) is 0 Å². The van der Waals surface area contributed by atoms with Gasteiger partial charge in [-0.2, -0.15) is 5.10 Å².